The first-order chi connectivity index (χ1) is 12.1. The number of hydrogen-bond acceptors (Lipinski definition) is 3. The maximum absolute atomic E-state index is 12.2. The number of benzene rings is 1. The Balaban J connectivity index is 1.42. The molecule has 0 spiro atoms. The molecule has 0 unspecified atom stereocenters. The van der Waals surface area contributed by atoms with Gasteiger partial charge in [-0.25, -0.2) is 4.79 Å². The van der Waals surface area contributed by atoms with Crippen molar-refractivity contribution in [3.63, 3.8) is 0 Å². The van der Waals surface area contributed by atoms with E-state index in [0.717, 1.165) is 24.9 Å². The molecule has 0 saturated carbocycles. The fourth-order valence-electron chi connectivity index (χ4n) is 3.72. The lowest BCUT2D eigenvalue weighted by Crippen LogP contribution is -2.42. The van der Waals surface area contributed by atoms with Crippen molar-refractivity contribution in [3.05, 3.63) is 28.8 Å². The molecule has 0 bridgehead atoms. The molecule has 1 aromatic carbocycles. The van der Waals surface area contributed by atoms with Gasteiger partial charge in [0, 0.05) is 31.1 Å². The molecule has 1 aromatic rings. The highest BCUT2D eigenvalue weighted by molar-refractivity contribution is 6.32. The number of likely N-dealkylation sites (tertiary alicyclic amines) is 1. The highest BCUT2D eigenvalue weighted by Gasteiger charge is 2.24. The van der Waals surface area contributed by atoms with Crippen molar-refractivity contribution in [3.8, 4) is 5.75 Å². The standard InChI is InChI=1S/C19H28ClN3O2/c1-14-6-2-3-11-23(14)12-5-10-21-19(24)22-17-9-13-25-18-15(17)7-4-8-16(18)20/h4,7-8,14,17H,2-3,5-6,9-13H2,1H3,(H2,21,22,24)/t14-,17-/m0/s1. The van der Waals surface area contributed by atoms with E-state index in [4.69, 9.17) is 16.3 Å². The molecule has 1 saturated heterocycles. The zero-order valence-corrected chi connectivity index (χ0v) is 15.6. The maximum atomic E-state index is 12.2. The van der Waals surface area contributed by atoms with Crippen LogP contribution in [0.2, 0.25) is 5.02 Å². The van der Waals surface area contributed by atoms with Gasteiger partial charge in [0.1, 0.15) is 5.75 Å². The van der Waals surface area contributed by atoms with Crippen molar-refractivity contribution < 1.29 is 9.53 Å². The molecule has 0 radical (unpaired) electrons. The van der Waals surface area contributed by atoms with Gasteiger partial charge in [0.25, 0.3) is 0 Å². The lowest BCUT2D eigenvalue weighted by atomic mass is 10.0. The number of carbonyl (C=O) groups excluding carboxylic acids is 1. The first kappa shape index (κ1) is 18.3. The van der Waals surface area contributed by atoms with E-state index in [-0.39, 0.29) is 12.1 Å². The van der Waals surface area contributed by atoms with Crippen LogP contribution in [0.5, 0.6) is 5.75 Å². The Morgan fingerprint density at radius 3 is 3.08 bits per heavy atom. The van der Waals surface area contributed by atoms with E-state index < -0.39 is 0 Å². The predicted molar refractivity (Wildman–Crippen MR) is 100 cm³/mol. The number of piperidine rings is 1. The van der Waals surface area contributed by atoms with Gasteiger partial charge in [0.05, 0.1) is 17.7 Å². The Morgan fingerprint density at radius 1 is 1.36 bits per heavy atom. The summed E-state index contributed by atoms with van der Waals surface area (Å²) in [7, 11) is 0. The second-order valence-corrected chi connectivity index (χ2v) is 7.39. The Hall–Kier alpha value is -1.46. The molecule has 0 aliphatic carbocycles. The van der Waals surface area contributed by atoms with Gasteiger partial charge >= 0.3 is 6.03 Å². The van der Waals surface area contributed by atoms with Crippen molar-refractivity contribution in [1.82, 2.24) is 15.5 Å². The summed E-state index contributed by atoms with van der Waals surface area (Å²) >= 11 is 6.17. The molecular formula is C19H28ClN3O2. The van der Waals surface area contributed by atoms with Gasteiger partial charge in [0.2, 0.25) is 0 Å². The van der Waals surface area contributed by atoms with Crippen LogP contribution in [0.25, 0.3) is 0 Å². The van der Waals surface area contributed by atoms with E-state index in [1.165, 1.54) is 25.8 Å². The van der Waals surface area contributed by atoms with E-state index >= 15 is 0 Å². The number of para-hydroxylation sites is 1. The van der Waals surface area contributed by atoms with Crippen LogP contribution >= 0.6 is 11.6 Å². The lowest BCUT2D eigenvalue weighted by molar-refractivity contribution is 0.159. The monoisotopic (exact) mass is 365 g/mol. The van der Waals surface area contributed by atoms with Crippen LogP contribution in [0.3, 0.4) is 0 Å². The Kier molecular flexibility index (Phi) is 6.43. The molecule has 2 aliphatic rings. The number of hydrogen-bond donors (Lipinski definition) is 2. The number of amides is 2. The third-order valence-electron chi connectivity index (χ3n) is 5.18. The Morgan fingerprint density at radius 2 is 2.24 bits per heavy atom. The van der Waals surface area contributed by atoms with Crippen molar-refractivity contribution in [1.29, 1.82) is 0 Å². The molecule has 0 aromatic heterocycles. The first-order valence-electron chi connectivity index (χ1n) is 9.35. The zero-order valence-electron chi connectivity index (χ0n) is 14.9. The molecule has 6 heteroatoms. The number of fused-ring (bicyclic) bond motifs is 1. The number of halogens is 1. The average molecular weight is 366 g/mol. The van der Waals surface area contributed by atoms with E-state index in [0.29, 0.717) is 30.0 Å². The highest BCUT2D eigenvalue weighted by Crippen LogP contribution is 2.37. The fraction of sp³-hybridized carbons (Fsp3) is 0.632. The molecule has 2 N–H and O–H groups in total. The van der Waals surface area contributed by atoms with Gasteiger partial charge in [-0.2, -0.15) is 0 Å². The summed E-state index contributed by atoms with van der Waals surface area (Å²) in [5.41, 5.74) is 0.955. The van der Waals surface area contributed by atoms with Crippen LogP contribution in [-0.4, -0.2) is 43.2 Å². The molecule has 2 aliphatic heterocycles. The smallest absolute Gasteiger partial charge is 0.315 e. The first-order valence-corrected chi connectivity index (χ1v) is 9.72. The van der Waals surface area contributed by atoms with Gasteiger partial charge in [-0.3, -0.25) is 0 Å². The van der Waals surface area contributed by atoms with Crippen LogP contribution in [-0.2, 0) is 0 Å². The highest BCUT2D eigenvalue weighted by atomic mass is 35.5. The molecule has 3 rings (SSSR count). The minimum atomic E-state index is -0.121. The number of ether oxygens (including phenoxy) is 1. The Labute approximate surface area is 155 Å². The molecule has 1 fully saturated rings. The van der Waals surface area contributed by atoms with Gasteiger partial charge < -0.3 is 20.3 Å². The second-order valence-electron chi connectivity index (χ2n) is 6.98. The normalized spacial score (nSPS) is 23.4. The van der Waals surface area contributed by atoms with Crippen molar-refractivity contribution in [2.24, 2.45) is 0 Å². The summed E-state index contributed by atoms with van der Waals surface area (Å²) in [6.45, 7) is 5.80. The minimum Gasteiger partial charge on any atom is -0.492 e. The molecular weight excluding hydrogens is 338 g/mol. The summed E-state index contributed by atoms with van der Waals surface area (Å²) in [4.78, 5) is 14.7. The van der Waals surface area contributed by atoms with Crippen molar-refractivity contribution in [2.75, 3.05) is 26.2 Å². The number of nitrogens with zero attached hydrogens (tertiary/aromatic N) is 1. The second kappa shape index (κ2) is 8.77. The number of nitrogens with one attached hydrogen (secondary N) is 2. The molecule has 2 amide bonds. The van der Waals surface area contributed by atoms with Gasteiger partial charge in [-0.1, -0.05) is 30.2 Å². The van der Waals surface area contributed by atoms with Crippen LogP contribution in [0.15, 0.2) is 18.2 Å². The molecule has 5 nitrogen and oxygen atoms in total. The summed E-state index contributed by atoms with van der Waals surface area (Å²) < 4.78 is 5.63. The van der Waals surface area contributed by atoms with E-state index in [1.54, 1.807) is 0 Å². The number of rotatable bonds is 5. The molecule has 138 valence electrons. The number of carbonyl (C=O) groups is 1. The lowest BCUT2D eigenvalue weighted by Gasteiger charge is -2.33. The van der Waals surface area contributed by atoms with Crippen molar-refractivity contribution >= 4 is 17.6 Å². The maximum Gasteiger partial charge on any atom is 0.315 e. The van der Waals surface area contributed by atoms with Crippen LogP contribution in [0.1, 0.15) is 50.6 Å². The largest absolute Gasteiger partial charge is 0.492 e. The van der Waals surface area contributed by atoms with E-state index in [2.05, 4.69) is 22.5 Å². The summed E-state index contributed by atoms with van der Waals surface area (Å²) in [6.07, 6.45) is 5.67. The van der Waals surface area contributed by atoms with Gasteiger partial charge in [-0.15, -0.1) is 0 Å². The third-order valence-corrected chi connectivity index (χ3v) is 5.48. The molecule has 25 heavy (non-hydrogen) atoms. The summed E-state index contributed by atoms with van der Waals surface area (Å²) in [6, 6.07) is 6.16. The van der Waals surface area contributed by atoms with Crippen LogP contribution in [0, 0.1) is 0 Å². The Bertz CT molecular complexity index is 596. The molecule has 2 atom stereocenters. The summed E-state index contributed by atoms with van der Waals surface area (Å²) in [5, 5.41) is 6.62. The SMILES string of the molecule is C[C@H]1CCCCN1CCCNC(=O)N[C@H]1CCOc2c(Cl)cccc21. The van der Waals surface area contributed by atoms with Gasteiger partial charge in [0.15, 0.2) is 0 Å². The zero-order chi connectivity index (χ0) is 17.6. The average Bonchev–Trinajstić information content (AvgIpc) is 2.61. The summed E-state index contributed by atoms with van der Waals surface area (Å²) in [5.74, 6) is 0.694. The topological polar surface area (TPSA) is 53.6 Å². The van der Waals surface area contributed by atoms with Crippen LogP contribution < -0.4 is 15.4 Å². The van der Waals surface area contributed by atoms with Crippen LogP contribution in [0.4, 0.5) is 4.79 Å². The van der Waals surface area contributed by atoms with E-state index in [9.17, 15) is 4.79 Å². The van der Waals surface area contributed by atoms with Gasteiger partial charge in [-0.05, 0) is 38.8 Å². The third kappa shape index (κ3) is 4.79. The quantitative estimate of drug-likeness (QED) is 0.782. The predicted octanol–water partition coefficient (Wildman–Crippen LogP) is 3.73. The minimum absolute atomic E-state index is 0.0513. The number of urea groups is 1. The molecule has 2 heterocycles. The van der Waals surface area contributed by atoms with Crippen molar-refractivity contribution in [2.45, 2.75) is 51.1 Å². The fourth-order valence-corrected chi connectivity index (χ4v) is 3.96. The van der Waals surface area contributed by atoms with E-state index in [1.807, 2.05) is 18.2 Å².